The van der Waals surface area contributed by atoms with Crippen LogP contribution < -0.4 is 20.5 Å². The molecule has 1 spiro atoms. The summed E-state index contributed by atoms with van der Waals surface area (Å²) in [5.41, 5.74) is 4.66. The SMILES string of the molecule is CN1Cc2cc(Nc3ncc4c(=O)n5n(c4n3)-c3cc(F)c4c(c3)N(CCCC=CC5)C(=O)CO4)ccc2C2(CC2)C1. The molecule has 1 saturated carbocycles. The van der Waals surface area contributed by atoms with Gasteiger partial charge in [0.15, 0.2) is 23.8 Å². The van der Waals surface area contributed by atoms with E-state index in [-0.39, 0.29) is 30.4 Å². The molecule has 10 nitrogen and oxygen atoms in total. The molecule has 42 heavy (non-hydrogen) atoms. The fraction of sp³-hybridized carbons (Fsp3) is 0.355. The van der Waals surface area contributed by atoms with Crippen molar-refractivity contribution in [3.8, 4) is 11.4 Å². The third kappa shape index (κ3) is 3.94. The number of ether oxygens (including phenoxy) is 1. The first-order chi connectivity index (χ1) is 20.4. The molecule has 1 N–H and O–H groups in total. The molecule has 8 rings (SSSR count). The van der Waals surface area contributed by atoms with Gasteiger partial charge in [0.25, 0.3) is 11.5 Å². The van der Waals surface area contributed by atoms with Crippen LogP contribution in [-0.2, 0) is 23.3 Å². The number of hydrogen-bond donors (Lipinski definition) is 1. The van der Waals surface area contributed by atoms with Gasteiger partial charge in [-0.2, -0.15) is 4.98 Å². The summed E-state index contributed by atoms with van der Waals surface area (Å²) in [6.07, 6.45) is 9.28. The van der Waals surface area contributed by atoms with Gasteiger partial charge >= 0.3 is 0 Å². The lowest BCUT2D eigenvalue weighted by atomic mass is 9.87. The van der Waals surface area contributed by atoms with Crippen molar-refractivity contribution >= 4 is 34.3 Å². The second-order valence-corrected chi connectivity index (χ2v) is 11.8. The summed E-state index contributed by atoms with van der Waals surface area (Å²) in [5.74, 6) is -0.464. The van der Waals surface area contributed by atoms with Crippen LogP contribution in [0.3, 0.4) is 0 Å². The second kappa shape index (κ2) is 9.25. The molecular formula is C31H30FN7O3. The van der Waals surface area contributed by atoms with E-state index in [2.05, 4.69) is 40.4 Å². The molecule has 5 heterocycles. The molecule has 2 aromatic heterocycles. The van der Waals surface area contributed by atoms with Gasteiger partial charge in [0.05, 0.1) is 17.9 Å². The molecular weight excluding hydrogens is 537 g/mol. The number of rotatable bonds is 2. The van der Waals surface area contributed by atoms with Crippen LogP contribution in [0.1, 0.15) is 36.8 Å². The standard InChI is InChI=1S/C31H30FN7O3/c1-36-16-19-12-20(6-7-23(19)31(18-36)8-9-31)34-30-33-15-22-28(35-30)39-21-13-24(32)27-25(14-21)37(26(40)17-42-27)10-4-2-3-5-11-38(39)29(22)41/h3,5-7,12-15H,2,4,8-11,16-18H2,1H3,(H,33,34,35). The Morgan fingerprint density at radius 1 is 1.12 bits per heavy atom. The normalized spacial score (nSPS) is 19.1. The number of allylic oxidation sites excluding steroid dienone is 2. The van der Waals surface area contributed by atoms with Gasteiger partial charge in [0.1, 0.15) is 5.39 Å². The number of nitrogens with one attached hydrogen (secondary N) is 1. The smallest absolute Gasteiger partial charge is 0.278 e. The summed E-state index contributed by atoms with van der Waals surface area (Å²) in [5, 5.41) is 3.64. The highest BCUT2D eigenvalue weighted by Crippen LogP contribution is 2.52. The van der Waals surface area contributed by atoms with Crippen LogP contribution in [0.4, 0.5) is 21.7 Å². The average molecular weight is 568 g/mol. The lowest BCUT2D eigenvalue weighted by molar-refractivity contribution is -0.121. The minimum Gasteiger partial charge on any atom is -0.478 e. The first-order valence-electron chi connectivity index (χ1n) is 14.4. The van der Waals surface area contributed by atoms with Crippen molar-refractivity contribution in [1.29, 1.82) is 0 Å². The summed E-state index contributed by atoms with van der Waals surface area (Å²) in [6.45, 7) is 2.48. The molecule has 214 valence electrons. The number of hydrogen-bond acceptors (Lipinski definition) is 7. The maximum absolute atomic E-state index is 15.5. The Labute approximate surface area is 241 Å². The van der Waals surface area contributed by atoms with Crippen LogP contribution >= 0.6 is 0 Å². The van der Waals surface area contributed by atoms with E-state index in [4.69, 9.17) is 9.72 Å². The molecule has 2 aromatic carbocycles. The monoisotopic (exact) mass is 567 g/mol. The van der Waals surface area contributed by atoms with Crippen LogP contribution in [-0.4, -0.2) is 56.9 Å². The van der Waals surface area contributed by atoms with Gasteiger partial charge in [-0.3, -0.25) is 9.59 Å². The third-order valence-corrected chi connectivity index (χ3v) is 8.86. The van der Waals surface area contributed by atoms with Gasteiger partial charge in [-0.1, -0.05) is 18.2 Å². The van der Waals surface area contributed by atoms with E-state index in [1.54, 1.807) is 15.6 Å². The van der Waals surface area contributed by atoms with Crippen molar-refractivity contribution in [3.05, 3.63) is 76.0 Å². The van der Waals surface area contributed by atoms with Gasteiger partial charge in [-0.05, 0) is 62.1 Å². The fourth-order valence-corrected chi connectivity index (χ4v) is 6.77. The van der Waals surface area contributed by atoms with Crippen LogP contribution in [0.15, 0.2) is 53.5 Å². The largest absolute Gasteiger partial charge is 0.478 e. The van der Waals surface area contributed by atoms with Gasteiger partial charge in [0.2, 0.25) is 5.95 Å². The quantitative estimate of drug-likeness (QED) is 0.366. The topological polar surface area (TPSA) is 97.5 Å². The molecule has 3 aliphatic heterocycles. The number of carbonyl (C=O) groups excluding carboxylic acids is 1. The number of carbonyl (C=O) groups is 1. The maximum Gasteiger partial charge on any atom is 0.278 e. The van der Waals surface area contributed by atoms with Gasteiger partial charge < -0.3 is 19.9 Å². The fourth-order valence-electron chi connectivity index (χ4n) is 6.77. The van der Waals surface area contributed by atoms with Crippen molar-refractivity contribution in [1.82, 2.24) is 24.2 Å². The van der Waals surface area contributed by atoms with E-state index >= 15 is 4.39 Å². The Hall–Kier alpha value is -4.51. The first-order valence-corrected chi connectivity index (χ1v) is 14.4. The number of halogens is 1. The molecule has 0 atom stereocenters. The molecule has 0 unspecified atom stereocenters. The Morgan fingerprint density at radius 3 is 2.86 bits per heavy atom. The van der Waals surface area contributed by atoms with Gasteiger partial charge in [-0.15, -0.1) is 0 Å². The van der Waals surface area contributed by atoms with E-state index in [1.807, 2.05) is 12.2 Å². The van der Waals surface area contributed by atoms with E-state index in [0.717, 1.165) is 18.8 Å². The molecule has 11 heteroatoms. The number of likely N-dealkylation sites (N-methyl/N-ethyl adjacent to an activating group) is 1. The Morgan fingerprint density at radius 2 is 2.00 bits per heavy atom. The lowest BCUT2D eigenvalue weighted by Gasteiger charge is -2.32. The Bertz CT molecular complexity index is 1870. The zero-order chi connectivity index (χ0) is 28.6. The van der Waals surface area contributed by atoms with Crippen LogP contribution in [0.5, 0.6) is 5.75 Å². The van der Waals surface area contributed by atoms with Gasteiger partial charge in [-0.25, -0.2) is 18.7 Å². The third-order valence-electron chi connectivity index (χ3n) is 8.86. The van der Waals surface area contributed by atoms with E-state index in [9.17, 15) is 9.59 Å². The zero-order valence-electron chi connectivity index (χ0n) is 23.3. The lowest BCUT2D eigenvalue weighted by Crippen LogP contribution is -2.40. The van der Waals surface area contributed by atoms with E-state index in [0.29, 0.717) is 53.2 Å². The van der Waals surface area contributed by atoms with Crippen LogP contribution in [0.25, 0.3) is 16.7 Å². The highest BCUT2D eigenvalue weighted by atomic mass is 19.1. The Kier molecular flexibility index (Phi) is 5.55. The van der Waals surface area contributed by atoms with Crippen molar-refractivity contribution in [3.63, 3.8) is 0 Å². The minimum atomic E-state index is -0.603. The number of nitrogens with zero attached hydrogens (tertiary/aromatic N) is 6. The molecule has 1 aliphatic carbocycles. The predicted molar refractivity (Wildman–Crippen MR) is 156 cm³/mol. The number of anilines is 3. The van der Waals surface area contributed by atoms with Crippen LogP contribution in [0.2, 0.25) is 0 Å². The summed E-state index contributed by atoms with van der Waals surface area (Å²) in [4.78, 5) is 39.5. The molecule has 1 amide bonds. The Balaban J connectivity index is 1.25. The summed E-state index contributed by atoms with van der Waals surface area (Å²) in [6, 6.07) is 9.44. The zero-order valence-corrected chi connectivity index (χ0v) is 23.3. The van der Waals surface area contributed by atoms with Crippen molar-refractivity contribution in [2.24, 2.45) is 0 Å². The van der Waals surface area contributed by atoms with Crippen molar-refractivity contribution < 1.29 is 13.9 Å². The summed E-state index contributed by atoms with van der Waals surface area (Å²) in [7, 11) is 2.16. The molecule has 2 bridgehead atoms. The summed E-state index contributed by atoms with van der Waals surface area (Å²) < 4.78 is 24.1. The number of aromatic nitrogens is 4. The van der Waals surface area contributed by atoms with E-state index < -0.39 is 5.82 Å². The van der Waals surface area contributed by atoms with E-state index in [1.165, 1.54) is 40.9 Å². The predicted octanol–water partition coefficient (Wildman–Crippen LogP) is 4.02. The first kappa shape index (κ1) is 25.2. The molecule has 0 radical (unpaired) electrons. The summed E-state index contributed by atoms with van der Waals surface area (Å²) >= 11 is 0. The second-order valence-electron chi connectivity index (χ2n) is 11.8. The average Bonchev–Trinajstić information content (AvgIpc) is 3.66. The molecule has 4 aliphatic rings. The molecule has 1 fully saturated rings. The highest BCUT2D eigenvalue weighted by molar-refractivity contribution is 5.98. The molecule has 4 aromatic rings. The number of benzene rings is 2. The van der Waals surface area contributed by atoms with Crippen molar-refractivity contribution in [2.75, 3.05) is 37.0 Å². The number of amides is 1. The highest BCUT2D eigenvalue weighted by Gasteiger charge is 2.48. The molecule has 0 saturated heterocycles. The number of fused-ring (bicyclic) bond motifs is 7. The maximum atomic E-state index is 15.5. The van der Waals surface area contributed by atoms with Crippen molar-refractivity contribution in [2.45, 2.75) is 44.2 Å². The van der Waals surface area contributed by atoms with Gasteiger partial charge in [0, 0.05) is 43.0 Å². The minimum absolute atomic E-state index is 0.0410. The van der Waals surface area contributed by atoms with Crippen LogP contribution in [0, 0.1) is 5.82 Å².